The van der Waals surface area contributed by atoms with Crippen LogP contribution in [0, 0.1) is 17.8 Å². The maximum Gasteiger partial charge on any atom is 0.469 e. The number of esters is 2. The number of carbonyl (C=O) groups excluding carboxylic acids is 2. The number of cyclic esters (lactones) is 1. The molecule has 46 heavy (non-hydrogen) atoms. The van der Waals surface area contributed by atoms with E-state index in [2.05, 4.69) is 13.8 Å². The van der Waals surface area contributed by atoms with Crippen LogP contribution in [0.2, 0.25) is 0 Å². The molecule has 0 amide bonds. The average Bonchev–Trinajstić information content (AvgIpc) is 2.97. The van der Waals surface area contributed by atoms with Gasteiger partial charge < -0.3 is 35.2 Å². The Hall–Kier alpha value is -2.11. The topological polar surface area (TPSA) is 186 Å². The summed E-state index contributed by atoms with van der Waals surface area (Å²) in [7, 11) is -5.08. The SMILES string of the molecule is CC[C@H]1C=CC(=O)O[C@H]1/C=C/C(O)(CCN)[C@@H](C[C@@H](O)/C=C\C=C/[C@@H]1CCC[C@H](OC(=O)CCCCCC(C)C)C1)OP(=O)(O)O. The molecule has 1 heterocycles. The van der Waals surface area contributed by atoms with Crippen molar-refractivity contribution >= 4 is 19.8 Å². The van der Waals surface area contributed by atoms with Gasteiger partial charge in [0.2, 0.25) is 0 Å². The van der Waals surface area contributed by atoms with E-state index in [0.717, 1.165) is 44.9 Å². The summed E-state index contributed by atoms with van der Waals surface area (Å²) in [4.78, 5) is 43.3. The van der Waals surface area contributed by atoms with Gasteiger partial charge in [-0.1, -0.05) is 76.5 Å². The molecule has 1 saturated carbocycles. The Morgan fingerprint density at radius 1 is 1.20 bits per heavy atom. The molecular formula is C34H56NO10P. The van der Waals surface area contributed by atoms with Crippen LogP contribution in [0.4, 0.5) is 0 Å². The number of hydrogen-bond donors (Lipinski definition) is 5. The van der Waals surface area contributed by atoms with E-state index in [4.69, 9.17) is 19.7 Å². The summed E-state index contributed by atoms with van der Waals surface area (Å²) in [6, 6.07) is 0. The van der Waals surface area contributed by atoms with Crippen molar-refractivity contribution in [2.45, 2.75) is 128 Å². The monoisotopic (exact) mass is 669 g/mol. The second-order valence-electron chi connectivity index (χ2n) is 12.9. The van der Waals surface area contributed by atoms with Crippen LogP contribution in [0.25, 0.3) is 0 Å². The highest BCUT2D eigenvalue weighted by molar-refractivity contribution is 7.46. The van der Waals surface area contributed by atoms with E-state index in [1.165, 1.54) is 30.7 Å². The first-order chi connectivity index (χ1) is 21.7. The molecule has 0 spiro atoms. The van der Waals surface area contributed by atoms with Gasteiger partial charge in [-0.25, -0.2) is 9.36 Å². The summed E-state index contributed by atoms with van der Waals surface area (Å²) in [6.45, 7) is 6.26. The molecule has 1 fully saturated rings. The van der Waals surface area contributed by atoms with Gasteiger partial charge >= 0.3 is 19.8 Å². The molecule has 2 rings (SSSR count). The van der Waals surface area contributed by atoms with E-state index < -0.39 is 37.7 Å². The van der Waals surface area contributed by atoms with Gasteiger partial charge in [-0.05, 0) is 69.4 Å². The fraction of sp³-hybridized carbons (Fsp3) is 0.706. The lowest BCUT2D eigenvalue weighted by Gasteiger charge is -2.35. The standard InChI is InChI=1S/C34H56NO10P/c1-4-27-17-18-33(38)44-30(27)19-20-34(39,21-22-35)31(45-46(40,41)42)24-28(36)14-9-8-12-26-13-10-15-29(23-26)43-32(37)16-7-5-6-11-25(2)3/h8-9,12,14,17-20,25-31,36,39H,4-7,10-11,13,15-16,21-24,35H2,1-3H3,(H2,40,41,42)/b12-8-,14-9-,20-19+/t26-,27+,28+,29+,30+,31-,34?/m1/s1. The highest BCUT2D eigenvalue weighted by atomic mass is 31.2. The fourth-order valence-electron chi connectivity index (χ4n) is 5.89. The molecule has 0 saturated heterocycles. The maximum atomic E-state index is 12.3. The molecule has 7 atom stereocenters. The van der Waals surface area contributed by atoms with E-state index >= 15 is 0 Å². The van der Waals surface area contributed by atoms with Gasteiger partial charge in [-0.2, -0.15) is 0 Å². The number of ether oxygens (including phenoxy) is 2. The van der Waals surface area contributed by atoms with E-state index in [9.17, 15) is 34.2 Å². The number of nitrogens with two attached hydrogens (primary N) is 1. The third kappa shape index (κ3) is 15.7. The summed E-state index contributed by atoms with van der Waals surface area (Å²) >= 11 is 0. The predicted molar refractivity (Wildman–Crippen MR) is 176 cm³/mol. The van der Waals surface area contributed by atoms with Crippen molar-refractivity contribution in [2.75, 3.05) is 6.54 Å². The van der Waals surface area contributed by atoms with Crippen LogP contribution in [0.3, 0.4) is 0 Å². The van der Waals surface area contributed by atoms with Gasteiger partial charge in [0.05, 0.1) is 6.10 Å². The van der Waals surface area contributed by atoms with Crippen LogP contribution in [0.1, 0.15) is 97.8 Å². The Morgan fingerprint density at radius 3 is 2.63 bits per heavy atom. The minimum atomic E-state index is -5.08. The predicted octanol–water partition coefficient (Wildman–Crippen LogP) is 5.18. The van der Waals surface area contributed by atoms with E-state index in [1.807, 2.05) is 13.0 Å². The van der Waals surface area contributed by atoms with Crippen LogP contribution in [0.5, 0.6) is 0 Å². The van der Waals surface area contributed by atoms with Gasteiger partial charge in [0.15, 0.2) is 0 Å². The molecule has 1 aliphatic carbocycles. The van der Waals surface area contributed by atoms with Crippen molar-refractivity contribution in [3.8, 4) is 0 Å². The van der Waals surface area contributed by atoms with Gasteiger partial charge in [-0.15, -0.1) is 0 Å². The second kappa shape index (κ2) is 20.3. The van der Waals surface area contributed by atoms with E-state index in [0.29, 0.717) is 18.8 Å². The normalized spacial score (nSPS) is 25.3. The molecule has 0 aromatic heterocycles. The summed E-state index contributed by atoms with van der Waals surface area (Å²) < 4.78 is 27.9. The zero-order valence-electron chi connectivity index (χ0n) is 27.6. The van der Waals surface area contributed by atoms with Crippen LogP contribution in [-0.2, 0) is 28.2 Å². The number of allylic oxidation sites excluding steroid dienone is 3. The molecule has 0 bridgehead atoms. The van der Waals surface area contributed by atoms with Crippen LogP contribution in [0.15, 0.2) is 48.6 Å². The summed E-state index contributed by atoms with van der Waals surface area (Å²) in [5.41, 5.74) is 3.75. The van der Waals surface area contributed by atoms with Crippen molar-refractivity contribution in [3.05, 3.63) is 48.6 Å². The number of phosphoric ester groups is 1. The lowest BCUT2D eigenvalue weighted by atomic mass is 9.86. The van der Waals surface area contributed by atoms with Crippen molar-refractivity contribution in [2.24, 2.45) is 23.5 Å². The summed E-state index contributed by atoms with van der Waals surface area (Å²) in [5, 5.41) is 22.2. The fourth-order valence-corrected chi connectivity index (χ4v) is 6.49. The highest BCUT2D eigenvalue weighted by Crippen LogP contribution is 2.42. The lowest BCUT2D eigenvalue weighted by Crippen LogP contribution is -2.45. The third-order valence-electron chi connectivity index (χ3n) is 8.48. The lowest BCUT2D eigenvalue weighted by molar-refractivity contribution is -0.151. The second-order valence-corrected chi connectivity index (χ2v) is 14.1. The molecular weight excluding hydrogens is 613 g/mol. The molecule has 1 unspecified atom stereocenters. The van der Waals surface area contributed by atoms with Gasteiger partial charge in [-0.3, -0.25) is 9.32 Å². The van der Waals surface area contributed by atoms with Crippen molar-refractivity contribution < 1.29 is 48.2 Å². The van der Waals surface area contributed by atoms with Crippen molar-refractivity contribution in [1.82, 2.24) is 0 Å². The first-order valence-electron chi connectivity index (χ1n) is 16.7. The summed E-state index contributed by atoms with van der Waals surface area (Å²) in [6.07, 6.45) is 17.4. The molecule has 1 aliphatic heterocycles. The molecule has 0 aromatic carbocycles. The van der Waals surface area contributed by atoms with E-state index in [1.54, 1.807) is 18.2 Å². The third-order valence-corrected chi connectivity index (χ3v) is 9.01. The Balaban J connectivity index is 1.98. The Bertz CT molecular complexity index is 1100. The minimum Gasteiger partial charge on any atom is -0.462 e. The quantitative estimate of drug-likeness (QED) is 0.0378. The number of carbonyl (C=O) groups is 2. The van der Waals surface area contributed by atoms with Crippen LogP contribution < -0.4 is 5.73 Å². The van der Waals surface area contributed by atoms with Crippen LogP contribution >= 0.6 is 7.82 Å². The summed E-state index contributed by atoms with van der Waals surface area (Å²) in [5.74, 6) is 0.0638. The number of phosphoric acid groups is 1. The largest absolute Gasteiger partial charge is 0.469 e. The van der Waals surface area contributed by atoms with Gasteiger partial charge in [0, 0.05) is 24.8 Å². The van der Waals surface area contributed by atoms with E-state index in [-0.39, 0.29) is 43.3 Å². The molecule has 0 radical (unpaired) electrons. The Labute approximate surface area is 274 Å². The smallest absolute Gasteiger partial charge is 0.462 e. The number of aliphatic hydroxyl groups excluding tert-OH is 1. The molecule has 0 aromatic rings. The average molecular weight is 670 g/mol. The zero-order chi connectivity index (χ0) is 34.2. The Morgan fingerprint density at radius 2 is 1.96 bits per heavy atom. The number of aliphatic hydroxyl groups is 2. The minimum absolute atomic E-state index is 0.0475. The molecule has 2 aliphatic rings. The van der Waals surface area contributed by atoms with Crippen molar-refractivity contribution in [3.63, 3.8) is 0 Å². The first kappa shape index (κ1) is 40.1. The maximum absolute atomic E-state index is 12.3. The van der Waals surface area contributed by atoms with Gasteiger partial charge in [0.25, 0.3) is 0 Å². The first-order valence-corrected chi connectivity index (χ1v) is 18.2. The number of hydrogen-bond acceptors (Lipinski definition) is 9. The number of rotatable bonds is 20. The molecule has 262 valence electrons. The Kier molecular flexibility index (Phi) is 17.7. The zero-order valence-corrected chi connectivity index (χ0v) is 28.5. The molecule has 12 heteroatoms. The highest BCUT2D eigenvalue weighted by Gasteiger charge is 2.40. The number of unbranched alkanes of at least 4 members (excludes halogenated alkanes) is 2. The van der Waals surface area contributed by atoms with Crippen molar-refractivity contribution in [1.29, 1.82) is 0 Å². The molecule has 6 N–H and O–H groups in total. The molecule has 11 nitrogen and oxygen atoms in total. The van der Waals surface area contributed by atoms with Gasteiger partial charge in [0.1, 0.15) is 23.9 Å². The van der Waals surface area contributed by atoms with Crippen LogP contribution in [-0.4, -0.2) is 68.5 Å².